The van der Waals surface area contributed by atoms with E-state index in [1.165, 1.54) is 16.7 Å². The summed E-state index contributed by atoms with van der Waals surface area (Å²) in [6.07, 6.45) is 0.658. The highest BCUT2D eigenvalue weighted by Gasteiger charge is 2.06. The molecule has 0 aliphatic heterocycles. The van der Waals surface area contributed by atoms with E-state index < -0.39 is 0 Å². The summed E-state index contributed by atoms with van der Waals surface area (Å²) in [5, 5.41) is 7.76. The highest BCUT2D eigenvalue weighted by atomic mass is 35.5. The van der Waals surface area contributed by atoms with Gasteiger partial charge in [-0.1, -0.05) is 18.2 Å². The van der Waals surface area contributed by atoms with E-state index in [9.17, 15) is 0 Å². The Morgan fingerprint density at radius 1 is 1.12 bits per heavy atom. The molecule has 0 aliphatic rings. The smallest absolute Gasteiger partial charge is 0.231 e. The summed E-state index contributed by atoms with van der Waals surface area (Å²) in [6, 6.07) is 6.32. The van der Waals surface area contributed by atoms with Gasteiger partial charge in [-0.3, -0.25) is 0 Å². The molecule has 0 amide bonds. The van der Waals surface area contributed by atoms with Gasteiger partial charge >= 0.3 is 0 Å². The van der Waals surface area contributed by atoms with Gasteiger partial charge in [0.25, 0.3) is 0 Å². The molecule has 0 saturated carbocycles. The summed E-state index contributed by atoms with van der Waals surface area (Å²) >= 11 is 5.59. The van der Waals surface area contributed by atoms with Gasteiger partial charge in [0, 0.05) is 0 Å². The summed E-state index contributed by atoms with van der Waals surface area (Å²) in [5.74, 6) is 1.35. The Kier molecular flexibility index (Phi) is 3.25. The van der Waals surface area contributed by atoms with Gasteiger partial charge in [0.1, 0.15) is 5.88 Å². The lowest BCUT2D eigenvalue weighted by molar-refractivity contribution is 0.473. The van der Waals surface area contributed by atoms with Crippen molar-refractivity contribution in [1.29, 1.82) is 0 Å². The molecule has 84 valence electrons. The third-order valence-corrected chi connectivity index (χ3v) is 2.78. The molecule has 4 heteroatoms. The van der Waals surface area contributed by atoms with Gasteiger partial charge < -0.3 is 4.42 Å². The molecular formula is C12H13ClN2O. The molecule has 1 heterocycles. The van der Waals surface area contributed by atoms with Crippen LogP contribution in [0.5, 0.6) is 0 Å². The Labute approximate surface area is 99.5 Å². The van der Waals surface area contributed by atoms with Gasteiger partial charge in [-0.25, -0.2) is 0 Å². The third kappa shape index (κ3) is 2.42. The molecule has 0 unspecified atom stereocenters. The predicted molar refractivity (Wildman–Crippen MR) is 62.6 cm³/mol. The van der Waals surface area contributed by atoms with Crippen molar-refractivity contribution in [3.8, 4) is 0 Å². The van der Waals surface area contributed by atoms with Crippen molar-refractivity contribution in [1.82, 2.24) is 10.2 Å². The Balaban J connectivity index is 2.17. The molecule has 0 saturated heterocycles. The fourth-order valence-corrected chi connectivity index (χ4v) is 1.61. The van der Waals surface area contributed by atoms with Crippen LogP contribution in [0.15, 0.2) is 22.6 Å². The number of halogens is 1. The molecule has 0 bridgehead atoms. The van der Waals surface area contributed by atoms with Gasteiger partial charge in [0.2, 0.25) is 11.8 Å². The maximum Gasteiger partial charge on any atom is 0.231 e. The first-order chi connectivity index (χ1) is 7.69. The lowest BCUT2D eigenvalue weighted by atomic mass is 10.0. The average Bonchev–Trinajstić information content (AvgIpc) is 2.71. The van der Waals surface area contributed by atoms with Crippen molar-refractivity contribution in [3.63, 3.8) is 0 Å². The molecule has 0 fully saturated rings. The number of hydrogen-bond donors (Lipinski definition) is 0. The van der Waals surface area contributed by atoms with E-state index in [-0.39, 0.29) is 5.88 Å². The van der Waals surface area contributed by atoms with Gasteiger partial charge in [-0.2, -0.15) is 0 Å². The minimum absolute atomic E-state index is 0.264. The summed E-state index contributed by atoms with van der Waals surface area (Å²) in [6.45, 7) is 4.19. The van der Waals surface area contributed by atoms with Crippen molar-refractivity contribution in [2.24, 2.45) is 0 Å². The largest absolute Gasteiger partial charge is 0.424 e. The first-order valence-corrected chi connectivity index (χ1v) is 5.66. The summed E-state index contributed by atoms with van der Waals surface area (Å²) in [5.41, 5.74) is 3.73. The molecule has 0 radical (unpaired) electrons. The Morgan fingerprint density at radius 2 is 1.88 bits per heavy atom. The van der Waals surface area contributed by atoms with Gasteiger partial charge in [-0.15, -0.1) is 21.8 Å². The highest BCUT2D eigenvalue weighted by Crippen LogP contribution is 2.14. The van der Waals surface area contributed by atoms with Gasteiger partial charge in [-0.05, 0) is 30.5 Å². The predicted octanol–water partition coefficient (Wildman–Crippen LogP) is 3.02. The zero-order valence-corrected chi connectivity index (χ0v) is 10.1. The Bertz CT molecular complexity index is 494. The highest BCUT2D eigenvalue weighted by molar-refractivity contribution is 6.16. The van der Waals surface area contributed by atoms with E-state index in [4.69, 9.17) is 16.0 Å². The van der Waals surface area contributed by atoms with Crippen molar-refractivity contribution < 1.29 is 4.42 Å². The topological polar surface area (TPSA) is 38.9 Å². The van der Waals surface area contributed by atoms with Crippen LogP contribution < -0.4 is 0 Å². The molecule has 3 nitrogen and oxygen atoms in total. The lowest BCUT2D eigenvalue weighted by Gasteiger charge is -2.02. The molecule has 0 spiro atoms. The molecule has 0 N–H and O–H groups in total. The van der Waals surface area contributed by atoms with E-state index in [2.05, 4.69) is 42.2 Å². The maximum absolute atomic E-state index is 5.59. The van der Waals surface area contributed by atoms with Crippen LogP contribution >= 0.6 is 11.6 Å². The van der Waals surface area contributed by atoms with Crippen LogP contribution in [0.25, 0.3) is 0 Å². The van der Waals surface area contributed by atoms with Crippen LogP contribution in [0.3, 0.4) is 0 Å². The summed E-state index contributed by atoms with van der Waals surface area (Å²) in [7, 11) is 0. The van der Waals surface area contributed by atoms with Crippen LogP contribution in [0, 0.1) is 13.8 Å². The number of rotatable bonds is 3. The zero-order chi connectivity index (χ0) is 11.5. The summed E-state index contributed by atoms with van der Waals surface area (Å²) < 4.78 is 5.35. The second-order valence-corrected chi connectivity index (χ2v) is 4.09. The minimum atomic E-state index is 0.264. The lowest BCUT2D eigenvalue weighted by Crippen LogP contribution is -1.90. The first kappa shape index (κ1) is 11.1. The maximum atomic E-state index is 5.59. The van der Waals surface area contributed by atoms with Crippen LogP contribution in [0.2, 0.25) is 0 Å². The Morgan fingerprint density at radius 3 is 2.50 bits per heavy atom. The fraction of sp³-hybridized carbons (Fsp3) is 0.333. The van der Waals surface area contributed by atoms with Crippen molar-refractivity contribution >= 4 is 11.6 Å². The number of nitrogens with zero attached hydrogens (tertiary/aromatic N) is 2. The minimum Gasteiger partial charge on any atom is -0.424 e. The SMILES string of the molecule is Cc1ccc(Cc2nnc(CCl)o2)cc1C. The molecule has 1 aromatic heterocycles. The molecular weight excluding hydrogens is 224 g/mol. The zero-order valence-electron chi connectivity index (χ0n) is 9.33. The van der Waals surface area contributed by atoms with Crippen LogP contribution in [0.4, 0.5) is 0 Å². The first-order valence-electron chi connectivity index (χ1n) is 5.12. The normalized spacial score (nSPS) is 10.7. The number of hydrogen-bond acceptors (Lipinski definition) is 3. The monoisotopic (exact) mass is 236 g/mol. The van der Waals surface area contributed by atoms with E-state index in [1.54, 1.807) is 0 Å². The van der Waals surface area contributed by atoms with Crippen molar-refractivity contribution in [2.75, 3.05) is 0 Å². The standard InChI is InChI=1S/C12H13ClN2O/c1-8-3-4-10(5-9(8)2)6-11-14-15-12(7-13)16-11/h3-5H,6-7H2,1-2H3. The molecule has 2 rings (SSSR count). The van der Waals surface area contributed by atoms with Crippen molar-refractivity contribution in [2.45, 2.75) is 26.1 Å². The molecule has 0 atom stereocenters. The molecule has 0 aliphatic carbocycles. The number of alkyl halides is 1. The second-order valence-electron chi connectivity index (χ2n) is 3.82. The van der Waals surface area contributed by atoms with E-state index in [0.717, 1.165) is 0 Å². The second kappa shape index (κ2) is 4.66. The molecule has 16 heavy (non-hydrogen) atoms. The number of benzene rings is 1. The van der Waals surface area contributed by atoms with Crippen LogP contribution in [-0.4, -0.2) is 10.2 Å². The van der Waals surface area contributed by atoms with Crippen molar-refractivity contribution in [3.05, 3.63) is 46.7 Å². The van der Waals surface area contributed by atoms with Gasteiger partial charge in [0.15, 0.2) is 0 Å². The fourth-order valence-electron chi connectivity index (χ4n) is 1.50. The molecule has 2 aromatic rings. The quantitative estimate of drug-likeness (QED) is 0.769. The number of aromatic nitrogens is 2. The van der Waals surface area contributed by atoms with E-state index in [1.807, 2.05) is 0 Å². The van der Waals surface area contributed by atoms with Crippen LogP contribution in [-0.2, 0) is 12.3 Å². The van der Waals surface area contributed by atoms with E-state index in [0.29, 0.717) is 18.2 Å². The third-order valence-electron chi connectivity index (χ3n) is 2.55. The summed E-state index contributed by atoms with van der Waals surface area (Å²) in [4.78, 5) is 0. The molecule has 1 aromatic carbocycles. The number of aryl methyl sites for hydroxylation is 2. The van der Waals surface area contributed by atoms with Gasteiger partial charge in [0.05, 0.1) is 6.42 Å². The Hall–Kier alpha value is -1.35. The van der Waals surface area contributed by atoms with E-state index >= 15 is 0 Å². The van der Waals surface area contributed by atoms with Crippen LogP contribution in [0.1, 0.15) is 28.5 Å². The average molecular weight is 237 g/mol.